The van der Waals surface area contributed by atoms with Gasteiger partial charge in [0.15, 0.2) is 0 Å². The molecule has 0 bridgehead atoms. The lowest BCUT2D eigenvalue weighted by atomic mass is 10.4. The lowest BCUT2D eigenvalue weighted by Crippen LogP contribution is -2.14. The molecule has 0 radical (unpaired) electrons. The van der Waals surface area contributed by atoms with Crippen LogP contribution in [0.4, 0.5) is 0 Å². The fourth-order valence-electron chi connectivity index (χ4n) is 0.479. The van der Waals surface area contributed by atoms with Gasteiger partial charge in [0.2, 0.25) is 0 Å². The van der Waals surface area contributed by atoms with E-state index in [9.17, 15) is 0 Å². The summed E-state index contributed by atoms with van der Waals surface area (Å²) in [4.78, 5) is 14.3. The van der Waals surface area contributed by atoms with Crippen molar-refractivity contribution in [3.05, 3.63) is 0 Å². The largest absolute Gasteiger partial charge is 0.326 e. The molecule has 0 aromatic rings. The SMILES string of the molecule is CCCNCCC.O=[PH](O)O. The molecule has 0 aliphatic heterocycles. The van der Waals surface area contributed by atoms with Gasteiger partial charge in [-0.1, -0.05) is 13.8 Å². The average Bonchev–Trinajstić information content (AvgIpc) is 1.88. The summed E-state index contributed by atoms with van der Waals surface area (Å²) in [7, 11) is -3.13. The van der Waals surface area contributed by atoms with Gasteiger partial charge in [-0.05, 0) is 25.9 Å². The minimum Gasteiger partial charge on any atom is -0.326 e. The van der Waals surface area contributed by atoms with Crippen molar-refractivity contribution in [2.75, 3.05) is 13.1 Å². The molecular formula is C6H18NO3P. The first-order valence-corrected chi connectivity index (χ1v) is 5.08. The van der Waals surface area contributed by atoms with E-state index in [0.717, 1.165) is 0 Å². The number of hydrogen-bond acceptors (Lipinski definition) is 2. The molecule has 0 saturated heterocycles. The molecule has 0 unspecified atom stereocenters. The third-order valence-electron chi connectivity index (χ3n) is 0.854. The van der Waals surface area contributed by atoms with Gasteiger partial charge in [0.1, 0.15) is 0 Å². The first-order chi connectivity index (χ1) is 5.15. The number of nitrogens with one attached hydrogen (secondary N) is 1. The summed E-state index contributed by atoms with van der Waals surface area (Å²) in [6, 6.07) is 0. The van der Waals surface area contributed by atoms with Gasteiger partial charge >= 0.3 is 8.25 Å². The predicted molar refractivity (Wildman–Crippen MR) is 46.9 cm³/mol. The quantitative estimate of drug-likeness (QED) is 0.444. The van der Waals surface area contributed by atoms with Crippen LogP contribution in [0.1, 0.15) is 26.7 Å². The van der Waals surface area contributed by atoms with E-state index in [0.29, 0.717) is 0 Å². The van der Waals surface area contributed by atoms with E-state index in [1.807, 2.05) is 0 Å². The summed E-state index contributed by atoms with van der Waals surface area (Å²) >= 11 is 0. The van der Waals surface area contributed by atoms with Crippen molar-refractivity contribution in [2.24, 2.45) is 0 Å². The van der Waals surface area contributed by atoms with Gasteiger partial charge in [-0.3, -0.25) is 4.57 Å². The summed E-state index contributed by atoms with van der Waals surface area (Å²) in [5.74, 6) is 0. The van der Waals surface area contributed by atoms with E-state index in [1.54, 1.807) is 0 Å². The molecule has 0 aliphatic rings. The Morgan fingerprint density at radius 3 is 1.64 bits per heavy atom. The Labute approximate surface area is 68.6 Å². The van der Waals surface area contributed by atoms with Crippen molar-refractivity contribution in [1.29, 1.82) is 0 Å². The third-order valence-corrected chi connectivity index (χ3v) is 0.854. The van der Waals surface area contributed by atoms with Crippen LogP contribution in [-0.4, -0.2) is 22.9 Å². The molecule has 0 aromatic heterocycles. The molecule has 70 valence electrons. The Morgan fingerprint density at radius 1 is 1.18 bits per heavy atom. The van der Waals surface area contributed by atoms with E-state index in [4.69, 9.17) is 14.4 Å². The van der Waals surface area contributed by atoms with Crippen molar-refractivity contribution in [1.82, 2.24) is 5.32 Å². The summed E-state index contributed by atoms with van der Waals surface area (Å²) < 4.78 is 8.74. The second-order valence-electron chi connectivity index (χ2n) is 2.03. The van der Waals surface area contributed by atoms with E-state index in [-0.39, 0.29) is 0 Å². The fourth-order valence-corrected chi connectivity index (χ4v) is 0.479. The lowest BCUT2D eigenvalue weighted by molar-refractivity contribution is 0.405. The Morgan fingerprint density at radius 2 is 1.45 bits per heavy atom. The van der Waals surface area contributed by atoms with Gasteiger partial charge < -0.3 is 15.1 Å². The zero-order valence-electron chi connectivity index (χ0n) is 7.13. The van der Waals surface area contributed by atoms with Crippen LogP contribution in [-0.2, 0) is 4.57 Å². The van der Waals surface area contributed by atoms with Gasteiger partial charge in [-0.25, -0.2) is 0 Å². The molecule has 5 heteroatoms. The molecule has 0 spiro atoms. The maximum atomic E-state index is 8.74. The second-order valence-corrected chi connectivity index (χ2v) is 2.60. The summed E-state index contributed by atoms with van der Waals surface area (Å²) in [5.41, 5.74) is 0. The molecule has 11 heavy (non-hydrogen) atoms. The van der Waals surface area contributed by atoms with E-state index in [2.05, 4.69) is 19.2 Å². The van der Waals surface area contributed by atoms with Crippen molar-refractivity contribution in [2.45, 2.75) is 26.7 Å². The van der Waals surface area contributed by atoms with E-state index >= 15 is 0 Å². The smallest absolute Gasteiger partial charge is 0.314 e. The van der Waals surface area contributed by atoms with Crippen LogP contribution in [0.2, 0.25) is 0 Å². The predicted octanol–water partition coefficient (Wildman–Crippen LogP) is 0.757. The van der Waals surface area contributed by atoms with Gasteiger partial charge in [0.05, 0.1) is 0 Å². The maximum Gasteiger partial charge on any atom is 0.314 e. The number of rotatable bonds is 4. The second kappa shape index (κ2) is 12.8. The molecule has 0 saturated carbocycles. The van der Waals surface area contributed by atoms with Crippen LogP contribution in [0.5, 0.6) is 0 Å². The molecule has 0 heterocycles. The summed E-state index contributed by atoms with van der Waals surface area (Å²) in [5, 5.41) is 3.28. The molecule has 0 aliphatic carbocycles. The Kier molecular flexibility index (Phi) is 15.9. The van der Waals surface area contributed by atoms with Crippen molar-refractivity contribution in [3.63, 3.8) is 0 Å². The normalized spacial score (nSPS) is 9.18. The average molecular weight is 183 g/mol. The number of hydrogen-bond donors (Lipinski definition) is 3. The molecule has 0 amide bonds. The molecule has 0 rings (SSSR count). The molecule has 0 fully saturated rings. The van der Waals surface area contributed by atoms with Crippen molar-refractivity contribution >= 4 is 8.25 Å². The minimum absolute atomic E-state index is 1.17. The van der Waals surface area contributed by atoms with Crippen LogP contribution >= 0.6 is 8.25 Å². The van der Waals surface area contributed by atoms with Crippen LogP contribution in [0.15, 0.2) is 0 Å². The topological polar surface area (TPSA) is 69.6 Å². The Hall–Kier alpha value is 0.110. The van der Waals surface area contributed by atoms with Crippen molar-refractivity contribution in [3.8, 4) is 0 Å². The molecule has 4 nitrogen and oxygen atoms in total. The maximum absolute atomic E-state index is 8.74. The zero-order chi connectivity index (χ0) is 9.11. The molecule has 0 aromatic carbocycles. The van der Waals surface area contributed by atoms with Crippen LogP contribution < -0.4 is 5.32 Å². The van der Waals surface area contributed by atoms with E-state index < -0.39 is 8.25 Å². The highest BCUT2D eigenvalue weighted by Crippen LogP contribution is 1.98. The van der Waals surface area contributed by atoms with Gasteiger partial charge in [-0.15, -0.1) is 0 Å². The summed E-state index contributed by atoms with van der Waals surface area (Å²) in [6.45, 7) is 6.72. The standard InChI is InChI=1S/C6H15N.H3O3P/c1-3-5-7-6-4-2;1-4(2)3/h7H,3-6H2,1-2H3;4H,(H2,1,2,3). The van der Waals surface area contributed by atoms with Gasteiger partial charge in [0.25, 0.3) is 0 Å². The first-order valence-electron chi connectivity index (χ1n) is 3.77. The zero-order valence-corrected chi connectivity index (χ0v) is 8.13. The van der Waals surface area contributed by atoms with Crippen LogP contribution in [0, 0.1) is 0 Å². The highest BCUT2D eigenvalue weighted by Gasteiger charge is 1.76. The Bertz CT molecular complexity index is 81.9. The van der Waals surface area contributed by atoms with Gasteiger partial charge in [-0.2, -0.15) is 0 Å². The monoisotopic (exact) mass is 183 g/mol. The van der Waals surface area contributed by atoms with Gasteiger partial charge in [0, 0.05) is 0 Å². The highest BCUT2D eigenvalue weighted by atomic mass is 31.1. The van der Waals surface area contributed by atoms with Crippen LogP contribution in [0.25, 0.3) is 0 Å². The summed E-state index contributed by atoms with van der Waals surface area (Å²) in [6.07, 6.45) is 2.50. The Balaban J connectivity index is 0. The highest BCUT2D eigenvalue weighted by molar-refractivity contribution is 7.30. The molecule has 3 N–H and O–H groups in total. The van der Waals surface area contributed by atoms with Crippen molar-refractivity contribution < 1.29 is 14.4 Å². The lowest BCUT2D eigenvalue weighted by Gasteiger charge is -1.95. The molecular weight excluding hydrogens is 165 g/mol. The van der Waals surface area contributed by atoms with E-state index in [1.165, 1.54) is 25.9 Å². The van der Waals surface area contributed by atoms with Crippen LogP contribution in [0.3, 0.4) is 0 Å². The fraction of sp³-hybridized carbons (Fsp3) is 1.00. The minimum atomic E-state index is -3.13. The third kappa shape index (κ3) is 39.4. The molecule has 0 atom stereocenters. The first kappa shape index (κ1) is 13.7.